The predicted molar refractivity (Wildman–Crippen MR) is 90.8 cm³/mol. The Balaban J connectivity index is 2.60. The lowest BCUT2D eigenvalue weighted by Gasteiger charge is -2.14. The fourth-order valence-corrected chi connectivity index (χ4v) is 2.79. The van der Waals surface area contributed by atoms with Gasteiger partial charge >= 0.3 is 5.97 Å². The molecule has 0 aliphatic heterocycles. The SMILES string of the molecule is COC(=O)c1c(-c2ccccc2OC)c2c(=O)[nH]c(C)cc2oc1=N. The van der Waals surface area contributed by atoms with Gasteiger partial charge in [-0.05, 0) is 13.0 Å². The minimum atomic E-state index is -0.767. The lowest BCUT2D eigenvalue weighted by molar-refractivity contribution is 0.0596. The normalized spacial score (nSPS) is 10.7. The molecule has 0 fully saturated rings. The molecule has 0 spiro atoms. The quantitative estimate of drug-likeness (QED) is 0.712. The number of aryl methyl sites for hydroxylation is 1. The lowest BCUT2D eigenvalue weighted by atomic mass is 9.96. The number of para-hydroxylation sites is 1. The molecule has 7 heteroatoms. The summed E-state index contributed by atoms with van der Waals surface area (Å²) in [4.78, 5) is 27.6. The Labute approximate surface area is 142 Å². The number of carbonyl (C=O) groups is 1. The van der Waals surface area contributed by atoms with E-state index in [-0.39, 0.29) is 27.7 Å². The van der Waals surface area contributed by atoms with Crippen LogP contribution in [0.5, 0.6) is 5.75 Å². The molecule has 0 amide bonds. The first-order valence-corrected chi connectivity index (χ1v) is 7.45. The highest BCUT2D eigenvalue weighted by Gasteiger charge is 2.25. The summed E-state index contributed by atoms with van der Waals surface area (Å²) in [6.07, 6.45) is 0. The molecule has 2 N–H and O–H groups in total. The first kappa shape index (κ1) is 16.5. The molecule has 7 nitrogen and oxygen atoms in total. The van der Waals surface area contributed by atoms with Crippen LogP contribution < -0.4 is 15.9 Å². The van der Waals surface area contributed by atoms with Crippen molar-refractivity contribution in [2.45, 2.75) is 6.92 Å². The fraction of sp³-hybridized carbons (Fsp3) is 0.167. The maximum atomic E-state index is 12.6. The highest BCUT2D eigenvalue weighted by Crippen LogP contribution is 2.35. The summed E-state index contributed by atoms with van der Waals surface area (Å²) in [7, 11) is 2.69. The van der Waals surface area contributed by atoms with Crippen molar-refractivity contribution in [1.82, 2.24) is 4.98 Å². The third-order valence-corrected chi connectivity index (χ3v) is 3.84. The number of fused-ring (bicyclic) bond motifs is 1. The first-order valence-electron chi connectivity index (χ1n) is 7.45. The highest BCUT2D eigenvalue weighted by molar-refractivity contribution is 6.06. The zero-order chi connectivity index (χ0) is 18.1. The van der Waals surface area contributed by atoms with Crippen LogP contribution in [0.3, 0.4) is 0 Å². The molecule has 3 rings (SSSR count). The van der Waals surface area contributed by atoms with E-state index in [2.05, 4.69) is 4.98 Å². The van der Waals surface area contributed by atoms with Crippen molar-refractivity contribution < 1.29 is 18.7 Å². The van der Waals surface area contributed by atoms with Crippen molar-refractivity contribution >= 4 is 16.9 Å². The van der Waals surface area contributed by atoms with Gasteiger partial charge in [0.15, 0.2) is 0 Å². The third kappa shape index (κ3) is 2.69. The average Bonchev–Trinajstić information content (AvgIpc) is 2.59. The van der Waals surface area contributed by atoms with Gasteiger partial charge in [0, 0.05) is 22.9 Å². The Hall–Kier alpha value is -3.35. The Bertz CT molecular complexity index is 1090. The molecular weight excluding hydrogens is 324 g/mol. The molecule has 0 saturated carbocycles. The largest absolute Gasteiger partial charge is 0.496 e. The van der Waals surface area contributed by atoms with Crippen molar-refractivity contribution in [3.63, 3.8) is 0 Å². The summed E-state index contributed by atoms with van der Waals surface area (Å²) < 4.78 is 15.6. The molecule has 0 aliphatic carbocycles. The van der Waals surface area contributed by atoms with Crippen LogP contribution in [0, 0.1) is 12.3 Å². The van der Waals surface area contributed by atoms with Gasteiger partial charge in [0.05, 0.1) is 19.6 Å². The number of pyridine rings is 1. The Morgan fingerprint density at radius 3 is 2.64 bits per heavy atom. The number of H-pyrrole nitrogens is 1. The Kier molecular flexibility index (Phi) is 4.14. The van der Waals surface area contributed by atoms with E-state index in [1.165, 1.54) is 14.2 Å². The number of aromatic amines is 1. The highest BCUT2D eigenvalue weighted by atomic mass is 16.5. The van der Waals surface area contributed by atoms with Crippen LogP contribution in [0.4, 0.5) is 0 Å². The van der Waals surface area contributed by atoms with Gasteiger partial charge in [0.25, 0.3) is 5.56 Å². The van der Waals surface area contributed by atoms with E-state index in [0.29, 0.717) is 17.0 Å². The third-order valence-electron chi connectivity index (χ3n) is 3.84. The van der Waals surface area contributed by atoms with E-state index in [1.807, 2.05) is 0 Å². The Morgan fingerprint density at radius 2 is 1.96 bits per heavy atom. The zero-order valence-electron chi connectivity index (χ0n) is 13.9. The summed E-state index contributed by atoms with van der Waals surface area (Å²) >= 11 is 0. The van der Waals surface area contributed by atoms with E-state index in [4.69, 9.17) is 19.3 Å². The number of rotatable bonds is 3. The zero-order valence-corrected chi connectivity index (χ0v) is 13.9. The molecule has 3 aromatic rings. The fourth-order valence-electron chi connectivity index (χ4n) is 2.79. The molecule has 1 aromatic carbocycles. The maximum absolute atomic E-state index is 12.6. The summed E-state index contributed by atoms with van der Waals surface area (Å²) in [6.45, 7) is 1.71. The number of nitrogens with one attached hydrogen (secondary N) is 2. The molecular formula is C18H16N2O5. The molecule has 128 valence electrons. The van der Waals surface area contributed by atoms with Crippen LogP contribution in [0.2, 0.25) is 0 Å². The number of esters is 1. The van der Waals surface area contributed by atoms with Crippen LogP contribution in [0.15, 0.2) is 39.5 Å². The number of carbonyl (C=O) groups excluding carboxylic acids is 1. The topological polar surface area (TPSA) is 105 Å². The molecule has 2 heterocycles. The second-order valence-electron chi connectivity index (χ2n) is 5.39. The summed E-state index contributed by atoms with van der Waals surface area (Å²) in [5.41, 5.74) is 0.590. The molecule has 0 aliphatic rings. The van der Waals surface area contributed by atoms with Gasteiger partial charge in [-0.25, -0.2) is 4.79 Å². The van der Waals surface area contributed by atoms with Crippen molar-refractivity contribution in [2.75, 3.05) is 14.2 Å². The number of hydrogen-bond donors (Lipinski definition) is 2. The van der Waals surface area contributed by atoms with Gasteiger partial charge in [0.2, 0.25) is 5.55 Å². The minimum absolute atomic E-state index is 0.131. The van der Waals surface area contributed by atoms with Crippen molar-refractivity contribution in [2.24, 2.45) is 0 Å². The predicted octanol–water partition coefficient (Wildman–Crippen LogP) is 2.37. The van der Waals surface area contributed by atoms with Crippen molar-refractivity contribution in [3.05, 3.63) is 57.5 Å². The average molecular weight is 340 g/mol. The molecule has 0 radical (unpaired) electrons. The number of benzene rings is 1. The molecule has 0 saturated heterocycles. The van der Waals surface area contributed by atoms with Gasteiger partial charge in [-0.3, -0.25) is 10.2 Å². The van der Waals surface area contributed by atoms with Gasteiger partial charge in [-0.1, -0.05) is 18.2 Å². The molecule has 2 aromatic heterocycles. The van der Waals surface area contributed by atoms with E-state index in [9.17, 15) is 9.59 Å². The summed E-state index contributed by atoms with van der Waals surface area (Å²) in [5, 5.41) is 8.28. The van der Waals surface area contributed by atoms with Gasteiger partial charge in [-0.2, -0.15) is 0 Å². The van der Waals surface area contributed by atoms with Gasteiger partial charge < -0.3 is 18.9 Å². The second-order valence-corrected chi connectivity index (χ2v) is 5.39. The van der Waals surface area contributed by atoms with Crippen molar-refractivity contribution in [1.29, 1.82) is 5.41 Å². The summed E-state index contributed by atoms with van der Waals surface area (Å²) in [5.74, 6) is -0.309. The van der Waals surface area contributed by atoms with Crippen LogP contribution in [-0.2, 0) is 4.74 Å². The van der Waals surface area contributed by atoms with E-state index in [1.54, 1.807) is 37.3 Å². The minimum Gasteiger partial charge on any atom is -0.496 e. The number of aromatic nitrogens is 1. The van der Waals surface area contributed by atoms with Crippen LogP contribution >= 0.6 is 0 Å². The lowest BCUT2D eigenvalue weighted by Crippen LogP contribution is -2.21. The van der Waals surface area contributed by atoms with Crippen LogP contribution in [-0.4, -0.2) is 25.2 Å². The van der Waals surface area contributed by atoms with E-state index < -0.39 is 11.5 Å². The molecule has 0 unspecified atom stereocenters. The maximum Gasteiger partial charge on any atom is 0.344 e. The molecule has 0 bridgehead atoms. The smallest absolute Gasteiger partial charge is 0.344 e. The number of hydrogen-bond acceptors (Lipinski definition) is 6. The Morgan fingerprint density at radius 1 is 1.24 bits per heavy atom. The van der Waals surface area contributed by atoms with Crippen LogP contribution in [0.25, 0.3) is 22.1 Å². The van der Waals surface area contributed by atoms with Crippen LogP contribution in [0.1, 0.15) is 16.1 Å². The second kappa shape index (κ2) is 6.27. The standard InChI is InChI=1S/C18H16N2O5/c1-9-8-12-14(17(21)20-9)13(10-6-4-5-7-11(10)23-2)15(16(19)25-12)18(22)24-3/h4-8,19H,1-3H3,(H,20,21). The summed E-state index contributed by atoms with van der Waals surface area (Å²) in [6, 6.07) is 8.54. The first-order chi connectivity index (χ1) is 12.0. The number of methoxy groups -OCH3 is 2. The molecule has 25 heavy (non-hydrogen) atoms. The van der Waals surface area contributed by atoms with Gasteiger partial charge in [0.1, 0.15) is 16.9 Å². The number of ether oxygens (including phenoxy) is 2. The van der Waals surface area contributed by atoms with E-state index in [0.717, 1.165) is 0 Å². The van der Waals surface area contributed by atoms with Gasteiger partial charge in [-0.15, -0.1) is 0 Å². The monoisotopic (exact) mass is 340 g/mol. The van der Waals surface area contributed by atoms with Crippen molar-refractivity contribution in [3.8, 4) is 16.9 Å². The molecule has 0 atom stereocenters. The van der Waals surface area contributed by atoms with E-state index >= 15 is 0 Å².